The Kier molecular flexibility index (Phi) is 9.05. The highest BCUT2D eigenvalue weighted by atomic mass is 32.2. The number of rotatable bonds is 10. The predicted octanol–water partition coefficient (Wildman–Crippen LogP) is 3.88. The summed E-state index contributed by atoms with van der Waals surface area (Å²) in [7, 11) is -7.97. The van der Waals surface area contributed by atoms with Gasteiger partial charge in [-0.2, -0.15) is 0 Å². The zero-order valence-electron chi connectivity index (χ0n) is 21.4. The highest BCUT2D eigenvalue weighted by molar-refractivity contribution is 7.98. The van der Waals surface area contributed by atoms with Gasteiger partial charge in [0.05, 0.1) is 35.2 Å². The maximum Gasteiger partial charge on any atom is 0.261 e. The number of sulfonamides is 2. The van der Waals surface area contributed by atoms with Crippen molar-refractivity contribution in [3.63, 3.8) is 0 Å². The summed E-state index contributed by atoms with van der Waals surface area (Å²) in [5, 5.41) is 0. The Morgan fingerprint density at radius 1 is 0.872 bits per heavy atom. The third-order valence-corrected chi connectivity index (χ3v) is 9.42. The van der Waals surface area contributed by atoms with E-state index in [1.54, 1.807) is 35.2 Å². The van der Waals surface area contributed by atoms with Crippen LogP contribution < -0.4 is 14.2 Å². The fourth-order valence-corrected chi connectivity index (χ4v) is 6.59. The second-order valence-electron chi connectivity index (χ2n) is 8.46. The normalized spacial score (nSPS) is 14.1. The van der Waals surface area contributed by atoms with Crippen molar-refractivity contribution in [2.45, 2.75) is 21.6 Å². The predicted molar refractivity (Wildman–Crippen MR) is 151 cm³/mol. The van der Waals surface area contributed by atoms with Crippen molar-refractivity contribution in [1.82, 2.24) is 4.90 Å². The third kappa shape index (κ3) is 7.04. The monoisotopic (exact) mass is 591 g/mol. The standard InChI is InChI=1S/C26H29N3O7S3/c1-3-36-21-8-4-19(5-9-21)27-38(31,32)22-10-6-20(7-11-22)28-39(33,34)23-12-13-25(37-2)24(18-23)26(30)29-14-16-35-17-15-29/h4-13,18,27-28H,3,14-17H2,1-2H3. The van der Waals surface area contributed by atoms with Crippen LogP contribution >= 0.6 is 11.8 Å². The fraction of sp³-hybridized carbons (Fsp3) is 0.269. The number of amides is 1. The van der Waals surface area contributed by atoms with E-state index in [1.165, 1.54) is 48.2 Å². The Hall–Kier alpha value is -3.26. The Morgan fingerprint density at radius 3 is 1.97 bits per heavy atom. The maximum atomic E-state index is 13.1. The quantitative estimate of drug-likeness (QED) is 0.340. The lowest BCUT2D eigenvalue weighted by Crippen LogP contribution is -2.40. The first kappa shape index (κ1) is 28.7. The highest BCUT2D eigenvalue weighted by Gasteiger charge is 2.24. The molecule has 0 spiro atoms. The molecule has 1 aliphatic rings. The Bertz CT molecular complexity index is 1520. The molecule has 1 saturated heterocycles. The van der Waals surface area contributed by atoms with Gasteiger partial charge < -0.3 is 14.4 Å². The minimum atomic E-state index is -4.06. The van der Waals surface area contributed by atoms with E-state index in [1.807, 2.05) is 13.2 Å². The number of nitrogens with one attached hydrogen (secondary N) is 2. The van der Waals surface area contributed by atoms with Gasteiger partial charge in [0.1, 0.15) is 5.75 Å². The number of hydrogen-bond donors (Lipinski definition) is 2. The van der Waals surface area contributed by atoms with Crippen LogP contribution in [0.4, 0.5) is 11.4 Å². The Labute approximate surface area is 232 Å². The van der Waals surface area contributed by atoms with Gasteiger partial charge in [-0.15, -0.1) is 11.8 Å². The van der Waals surface area contributed by atoms with Crippen molar-refractivity contribution >= 4 is 49.1 Å². The van der Waals surface area contributed by atoms with Crippen molar-refractivity contribution in [2.24, 2.45) is 0 Å². The van der Waals surface area contributed by atoms with Crippen molar-refractivity contribution in [1.29, 1.82) is 0 Å². The van der Waals surface area contributed by atoms with Crippen LogP contribution in [0, 0.1) is 0 Å². The average molecular weight is 592 g/mol. The lowest BCUT2D eigenvalue weighted by Gasteiger charge is -2.27. The molecule has 2 N–H and O–H groups in total. The van der Waals surface area contributed by atoms with E-state index >= 15 is 0 Å². The highest BCUT2D eigenvalue weighted by Crippen LogP contribution is 2.27. The van der Waals surface area contributed by atoms with Crippen LogP contribution in [0.3, 0.4) is 0 Å². The molecular weight excluding hydrogens is 563 g/mol. The van der Waals surface area contributed by atoms with Crippen LogP contribution in [-0.4, -0.2) is 66.8 Å². The molecule has 39 heavy (non-hydrogen) atoms. The van der Waals surface area contributed by atoms with E-state index in [-0.39, 0.29) is 21.4 Å². The molecule has 0 aromatic heterocycles. The van der Waals surface area contributed by atoms with E-state index in [4.69, 9.17) is 9.47 Å². The van der Waals surface area contributed by atoms with E-state index in [9.17, 15) is 21.6 Å². The second kappa shape index (κ2) is 12.3. The molecule has 10 nitrogen and oxygen atoms in total. The molecule has 0 bridgehead atoms. The SMILES string of the molecule is CCOc1ccc(NS(=O)(=O)c2ccc(NS(=O)(=O)c3ccc(SC)c(C(=O)N4CCOCC4)c3)cc2)cc1. The van der Waals surface area contributed by atoms with Gasteiger partial charge in [0, 0.05) is 29.4 Å². The fourth-order valence-electron chi connectivity index (χ4n) is 3.87. The Morgan fingerprint density at radius 2 is 1.41 bits per heavy atom. The minimum absolute atomic E-state index is 0.0398. The lowest BCUT2D eigenvalue weighted by atomic mass is 10.2. The van der Waals surface area contributed by atoms with Gasteiger partial charge in [0.2, 0.25) is 0 Å². The molecular formula is C26H29N3O7S3. The minimum Gasteiger partial charge on any atom is -0.494 e. The smallest absolute Gasteiger partial charge is 0.261 e. The maximum absolute atomic E-state index is 13.1. The largest absolute Gasteiger partial charge is 0.494 e. The van der Waals surface area contributed by atoms with Crippen molar-refractivity contribution in [2.75, 3.05) is 48.6 Å². The first-order valence-corrected chi connectivity index (χ1v) is 16.3. The molecule has 13 heteroatoms. The molecule has 0 saturated carbocycles. The molecule has 1 fully saturated rings. The van der Waals surface area contributed by atoms with Crippen LogP contribution in [0.15, 0.2) is 81.4 Å². The summed E-state index contributed by atoms with van der Waals surface area (Å²) in [6.07, 6.45) is 1.82. The first-order chi connectivity index (χ1) is 18.6. The van der Waals surface area contributed by atoms with Gasteiger partial charge in [0.25, 0.3) is 26.0 Å². The number of anilines is 2. The van der Waals surface area contributed by atoms with Crippen LogP contribution in [0.5, 0.6) is 5.75 Å². The summed E-state index contributed by atoms with van der Waals surface area (Å²) in [5.41, 5.74) is 0.832. The number of morpholine rings is 1. The van der Waals surface area contributed by atoms with E-state index in [2.05, 4.69) is 9.44 Å². The zero-order valence-corrected chi connectivity index (χ0v) is 23.9. The van der Waals surface area contributed by atoms with Crippen LogP contribution in [0.2, 0.25) is 0 Å². The summed E-state index contributed by atoms with van der Waals surface area (Å²) in [5.74, 6) is 0.368. The number of thioether (sulfide) groups is 1. The summed E-state index contributed by atoms with van der Waals surface area (Å²) < 4.78 is 67.5. The summed E-state index contributed by atoms with van der Waals surface area (Å²) in [6.45, 7) is 4.09. The summed E-state index contributed by atoms with van der Waals surface area (Å²) in [4.78, 5) is 15.3. The molecule has 0 aliphatic carbocycles. The van der Waals surface area contributed by atoms with Gasteiger partial charge in [-0.05, 0) is 79.9 Å². The van der Waals surface area contributed by atoms with E-state index in [0.29, 0.717) is 54.8 Å². The molecule has 0 atom stereocenters. The van der Waals surface area contributed by atoms with Crippen LogP contribution in [0.1, 0.15) is 17.3 Å². The number of carbonyl (C=O) groups is 1. The van der Waals surface area contributed by atoms with Crippen LogP contribution in [-0.2, 0) is 24.8 Å². The van der Waals surface area contributed by atoms with Gasteiger partial charge >= 0.3 is 0 Å². The van der Waals surface area contributed by atoms with E-state index < -0.39 is 20.0 Å². The summed E-state index contributed by atoms with van der Waals surface area (Å²) >= 11 is 1.36. The van der Waals surface area contributed by atoms with Crippen molar-refractivity contribution in [3.8, 4) is 5.75 Å². The zero-order chi connectivity index (χ0) is 28.0. The molecule has 0 radical (unpaired) electrons. The number of benzene rings is 3. The number of ether oxygens (including phenoxy) is 2. The van der Waals surface area contributed by atoms with Gasteiger partial charge in [0.15, 0.2) is 0 Å². The molecule has 0 unspecified atom stereocenters. The van der Waals surface area contributed by atoms with E-state index in [0.717, 1.165) is 0 Å². The molecule has 3 aromatic carbocycles. The third-order valence-electron chi connectivity index (χ3n) is 5.84. The lowest BCUT2D eigenvalue weighted by molar-refractivity contribution is 0.0300. The molecule has 1 heterocycles. The average Bonchev–Trinajstić information content (AvgIpc) is 2.94. The topological polar surface area (TPSA) is 131 Å². The molecule has 208 valence electrons. The van der Waals surface area contributed by atoms with Gasteiger partial charge in [-0.25, -0.2) is 16.8 Å². The van der Waals surface area contributed by atoms with Crippen molar-refractivity contribution in [3.05, 3.63) is 72.3 Å². The second-order valence-corrected chi connectivity index (χ2v) is 12.7. The van der Waals surface area contributed by atoms with Crippen molar-refractivity contribution < 1.29 is 31.1 Å². The Balaban J connectivity index is 1.50. The number of nitrogens with zero attached hydrogens (tertiary/aromatic N) is 1. The molecule has 1 amide bonds. The summed E-state index contributed by atoms with van der Waals surface area (Å²) in [6, 6.07) is 16.2. The first-order valence-electron chi connectivity index (χ1n) is 12.1. The number of carbonyl (C=O) groups excluding carboxylic acids is 1. The molecule has 3 aromatic rings. The molecule has 1 aliphatic heterocycles. The van der Waals surface area contributed by atoms with Gasteiger partial charge in [-0.1, -0.05) is 0 Å². The molecule has 4 rings (SSSR count). The van der Waals surface area contributed by atoms with Gasteiger partial charge in [-0.3, -0.25) is 14.2 Å². The van der Waals surface area contributed by atoms with Crippen LogP contribution in [0.25, 0.3) is 0 Å². The number of hydrogen-bond acceptors (Lipinski definition) is 8.